The summed E-state index contributed by atoms with van der Waals surface area (Å²) in [5.74, 6) is -0.0565. The fourth-order valence-electron chi connectivity index (χ4n) is 2.87. The highest BCUT2D eigenvalue weighted by Gasteiger charge is 2.11. The Labute approximate surface area is 151 Å². The van der Waals surface area contributed by atoms with Gasteiger partial charge in [-0.2, -0.15) is 5.10 Å². The van der Waals surface area contributed by atoms with Gasteiger partial charge in [-0.05, 0) is 29.8 Å². The molecule has 0 unspecified atom stereocenters. The van der Waals surface area contributed by atoms with E-state index in [9.17, 15) is 4.79 Å². The molecule has 4 nitrogen and oxygen atoms in total. The first-order valence-corrected chi connectivity index (χ1v) is 8.31. The lowest BCUT2D eigenvalue weighted by Gasteiger charge is -2.04. The van der Waals surface area contributed by atoms with Crippen molar-refractivity contribution in [1.82, 2.24) is 9.78 Å². The third-order valence-corrected chi connectivity index (χ3v) is 4.22. The van der Waals surface area contributed by atoms with Crippen LogP contribution >= 0.6 is 0 Å². The highest BCUT2D eigenvalue weighted by atomic mass is 16.1. The number of nitrogen functional groups attached to an aromatic ring is 1. The molecular weight excluding hydrogens is 322 g/mol. The summed E-state index contributed by atoms with van der Waals surface area (Å²) in [6.45, 7) is 0. The number of nitrogens with two attached hydrogens (primary N) is 1. The summed E-state index contributed by atoms with van der Waals surface area (Å²) in [6, 6.07) is 22.6. The second-order valence-electron chi connectivity index (χ2n) is 6.04. The van der Waals surface area contributed by atoms with Gasteiger partial charge in [-0.25, -0.2) is 4.68 Å². The topological polar surface area (TPSA) is 60.9 Å². The summed E-state index contributed by atoms with van der Waals surface area (Å²) >= 11 is 0. The number of anilines is 1. The van der Waals surface area contributed by atoms with E-state index >= 15 is 0 Å². The summed E-state index contributed by atoms with van der Waals surface area (Å²) in [5.41, 5.74) is 9.52. The number of carbonyl (C=O) groups is 1. The van der Waals surface area contributed by atoms with Crippen LogP contribution in [0.25, 0.3) is 23.2 Å². The lowest BCUT2D eigenvalue weighted by atomic mass is 10.0. The maximum Gasteiger partial charge on any atom is 0.193 e. The molecule has 126 valence electrons. The molecule has 4 heteroatoms. The zero-order valence-corrected chi connectivity index (χ0v) is 14.0. The summed E-state index contributed by atoms with van der Waals surface area (Å²) in [5, 5.41) is 5.37. The third-order valence-electron chi connectivity index (χ3n) is 4.22. The zero-order valence-electron chi connectivity index (χ0n) is 14.0. The van der Waals surface area contributed by atoms with Crippen molar-refractivity contribution < 1.29 is 4.79 Å². The van der Waals surface area contributed by atoms with Gasteiger partial charge in [-0.15, -0.1) is 0 Å². The fraction of sp³-hybridized carbons (Fsp3) is 0. The van der Waals surface area contributed by atoms with Crippen molar-refractivity contribution in [3.63, 3.8) is 0 Å². The average Bonchev–Trinajstić information content (AvgIpc) is 3.09. The number of fused-ring (bicyclic) bond motifs is 1. The van der Waals surface area contributed by atoms with Crippen molar-refractivity contribution in [3.8, 4) is 0 Å². The predicted molar refractivity (Wildman–Crippen MR) is 106 cm³/mol. The van der Waals surface area contributed by atoms with E-state index in [1.807, 2.05) is 60.8 Å². The maximum absolute atomic E-state index is 12.8. The summed E-state index contributed by atoms with van der Waals surface area (Å²) < 4.78 is 1.78. The standard InChI is InChI=1S/C22H17N3O/c23-20-8-4-7-17(13-20)22(26)18-9-10-19-15-24-25(21(19)14-18)12-11-16-5-2-1-3-6-16/h1-15H,23H2. The van der Waals surface area contributed by atoms with Crippen LogP contribution in [0.2, 0.25) is 0 Å². The largest absolute Gasteiger partial charge is 0.399 e. The molecule has 0 aliphatic rings. The molecule has 2 N–H and O–H groups in total. The van der Waals surface area contributed by atoms with Crippen molar-refractivity contribution in [1.29, 1.82) is 0 Å². The van der Waals surface area contributed by atoms with Gasteiger partial charge in [-0.3, -0.25) is 4.79 Å². The molecule has 0 aliphatic heterocycles. The van der Waals surface area contributed by atoms with Crippen molar-refractivity contribution in [2.24, 2.45) is 0 Å². The summed E-state index contributed by atoms with van der Waals surface area (Å²) in [7, 11) is 0. The van der Waals surface area contributed by atoms with Gasteiger partial charge in [0.05, 0.1) is 11.7 Å². The van der Waals surface area contributed by atoms with Crippen LogP contribution in [0.4, 0.5) is 5.69 Å². The summed E-state index contributed by atoms with van der Waals surface area (Å²) in [4.78, 5) is 12.8. The third kappa shape index (κ3) is 3.13. The maximum atomic E-state index is 12.8. The second kappa shape index (κ2) is 6.69. The van der Waals surface area contributed by atoms with Gasteiger partial charge in [0.1, 0.15) is 0 Å². The van der Waals surface area contributed by atoms with Gasteiger partial charge in [0.15, 0.2) is 5.78 Å². The fourth-order valence-corrected chi connectivity index (χ4v) is 2.87. The van der Waals surface area contributed by atoms with E-state index in [0.717, 1.165) is 16.5 Å². The first kappa shape index (κ1) is 15.8. The van der Waals surface area contributed by atoms with Gasteiger partial charge in [-0.1, -0.05) is 54.6 Å². The monoisotopic (exact) mass is 339 g/mol. The SMILES string of the molecule is Nc1cccc(C(=O)c2ccc3cnn(C=Cc4ccccc4)c3c2)c1. The highest BCUT2D eigenvalue weighted by Crippen LogP contribution is 2.20. The zero-order chi connectivity index (χ0) is 17.9. The van der Waals surface area contributed by atoms with Crippen LogP contribution < -0.4 is 5.73 Å². The Bertz CT molecular complexity index is 1110. The number of ketones is 1. The number of hydrogen-bond donors (Lipinski definition) is 1. The number of rotatable bonds is 4. The first-order chi connectivity index (χ1) is 12.7. The van der Waals surface area contributed by atoms with E-state index in [0.29, 0.717) is 16.8 Å². The minimum atomic E-state index is -0.0565. The Balaban J connectivity index is 1.70. The van der Waals surface area contributed by atoms with Crippen LogP contribution in [-0.2, 0) is 0 Å². The molecule has 26 heavy (non-hydrogen) atoms. The Hall–Kier alpha value is -3.66. The summed E-state index contributed by atoms with van der Waals surface area (Å²) in [6.07, 6.45) is 5.67. The molecule has 1 heterocycles. The van der Waals surface area contributed by atoms with Crippen LogP contribution in [0.1, 0.15) is 21.5 Å². The lowest BCUT2D eigenvalue weighted by molar-refractivity contribution is 0.103. The van der Waals surface area contributed by atoms with Gasteiger partial charge in [0.25, 0.3) is 0 Å². The number of hydrogen-bond acceptors (Lipinski definition) is 3. The second-order valence-corrected chi connectivity index (χ2v) is 6.04. The van der Waals surface area contributed by atoms with Crippen LogP contribution in [-0.4, -0.2) is 15.6 Å². The molecule has 1 aromatic heterocycles. The number of aromatic nitrogens is 2. The van der Waals surface area contributed by atoms with E-state index in [2.05, 4.69) is 5.10 Å². The van der Waals surface area contributed by atoms with Crippen molar-refractivity contribution >= 4 is 34.6 Å². The number of carbonyl (C=O) groups excluding carboxylic acids is 1. The average molecular weight is 339 g/mol. The molecule has 0 atom stereocenters. The van der Waals surface area contributed by atoms with Crippen molar-refractivity contribution in [2.75, 3.05) is 5.73 Å². The molecule has 0 saturated heterocycles. The molecule has 0 bridgehead atoms. The molecule has 0 radical (unpaired) electrons. The van der Waals surface area contributed by atoms with Gasteiger partial charge in [0.2, 0.25) is 0 Å². The van der Waals surface area contributed by atoms with E-state index in [4.69, 9.17) is 5.73 Å². The predicted octanol–water partition coefficient (Wildman–Crippen LogP) is 4.48. The molecule has 0 saturated carbocycles. The van der Waals surface area contributed by atoms with Gasteiger partial charge in [0, 0.05) is 28.4 Å². The van der Waals surface area contributed by atoms with Crippen molar-refractivity contribution in [2.45, 2.75) is 0 Å². The van der Waals surface area contributed by atoms with Gasteiger partial charge < -0.3 is 5.73 Å². The first-order valence-electron chi connectivity index (χ1n) is 8.31. The minimum absolute atomic E-state index is 0.0565. The molecule has 3 aromatic carbocycles. The molecular formula is C22H17N3O. The molecule has 0 spiro atoms. The lowest BCUT2D eigenvalue weighted by Crippen LogP contribution is -2.02. The van der Waals surface area contributed by atoms with Crippen LogP contribution in [0, 0.1) is 0 Å². The molecule has 0 fully saturated rings. The Kier molecular flexibility index (Phi) is 4.07. The smallest absolute Gasteiger partial charge is 0.193 e. The van der Waals surface area contributed by atoms with E-state index in [1.54, 1.807) is 35.1 Å². The van der Waals surface area contributed by atoms with E-state index in [-0.39, 0.29) is 5.78 Å². The quantitative estimate of drug-likeness (QED) is 0.440. The Morgan fingerprint density at radius 2 is 1.73 bits per heavy atom. The molecule has 0 aliphatic carbocycles. The normalized spacial score (nSPS) is 11.2. The Morgan fingerprint density at radius 3 is 2.54 bits per heavy atom. The number of benzene rings is 3. The Morgan fingerprint density at radius 1 is 0.923 bits per heavy atom. The van der Waals surface area contributed by atoms with Crippen LogP contribution in [0.15, 0.2) is 79.0 Å². The van der Waals surface area contributed by atoms with Gasteiger partial charge >= 0.3 is 0 Å². The molecule has 4 rings (SSSR count). The van der Waals surface area contributed by atoms with Crippen LogP contribution in [0.3, 0.4) is 0 Å². The molecule has 0 amide bonds. The number of nitrogens with zero attached hydrogens (tertiary/aromatic N) is 2. The van der Waals surface area contributed by atoms with Crippen LogP contribution in [0.5, 0.6) is 0 Å². The highest BCUT2D eigenvalue weighted by molar-refractivity contribution is 6.10. The minimum Gasteiger partial charge on any atom is -0.399 e. The van der Waals surface area contributed by atoms with Crippen molar-refractivity contribution in [3.05, 3.63) is 95.7 Å². The molecule has 4 aromatic rings. The van der Waals surface area contributed by atoms with E-state index in [1.165, 1.54) is 0 Å². The van der Waals surface area contributed by atoms with E-state index < -0.39 is 0 Å².